The van der Waals surface area contributed by atoms with Crippen molar-refractivity contribution in [2.45, 2.75) is 95.8 Å². The minimum absolute atomic E-state index is 0.0131. The molecule has 3 heterocycles. The fraction of sp³-hybridized carbons (Fsp3) is 0.885. The highest BCUT2D eigenvalue weighted by atomic mass is 19.3. The lowest BCUT2D eigenvalue weighted by molar-refractivity contribution is -0.0975. The van der Waals surface area contributed by atoms with Crippen molar-refractivity contribution < 1.29 is 18.4 Å². The van der Waals surface area contributed by atoms with E-state index in [-0.39, 0.29) is 30.0 Å². The standard InChI is InChI=1S/C26H43F2N5O2/c1-18(2)31-13-15-32(16-14-31)20-5-4-8-26(27,28)23(20)29-24(34)33-11-9-25(3,10-12-33)22-17-21(35-30-22)19-6-7-19/h17-20,22-23,30H,4-16H2,1-3H3,(H,29,34)/t20-,22?,23+/m0/s1. The normalized spacial score (nSPS) is 33.9. The molecule has 5 rings (SSSR count). The van der Waals surface area contributed by atoms with Crippen molar-refractivity contribution in [2.24, 2.45) is 11.3 Å². The maximum absolute atomic E-state index is 15.1. The molecule has 2 aliphatic carbocycles. The third kappa shape index (κ3) is 5.32. The Kier molecular flexibility index (Phi) is 7.05. The largest absolute Gasteiger partial charge is 0.413 e. The number of halogens is 2. The smallest absolute Gasteiger partial charge is 0.317 e. The molecule has 0 radical (unpaired) electrons. The van der Waals surface area contributed by atoms with Gasteiger partial charge in [0, 0.05) is 63.7 Å². The Morgan fingerprint density at radius 2 is 1.77 bits per heavy atom. The van der Waals surface area contributed by atoms with Crippen LogP contribution >= 0.6 is 0 Å². The van der Waals surface area contributed by atoms with Gasteiger partial charge in [0.15, 0.2) is 0 Å². The zero-order valence-corrected chi connectivity index (χ0v) is 21.6. The van der Waals surface area contributed by atoms with E-state index in [1.807, 2.05) is 0 Å². The summed E-state index contributed by atoms with van der Waals surface area (Å²) in [7, 11) is 0. The van der Waals surface area contributed by atoms with Gasteiger partial charge in [-0.1, -0.05) is 6.92 Å². The Morgan fingerprint density at radius 1 is 1.09 bits per heavy atom. The molecule has 2 saturated heterocycles. The Bertz CT molecular complexity index is 802. The predicted octanol–water partition coefficient (Wildman–Crippen LogP) is 3.58. The van der Waals surface area contributed by atoms with Crippen molar-refractivity contribution in [3.8, 4) is 0 Å². The molecule has 0 bridgehead atoms. The summed E-state index contributed by atoms with van der Waals surface area (Å²) in [6.45, 7) is 11.1. The number of rotatable bonds is 5. The van der Waals surface area contributed by atoms with Crippen LogP contribution in [0.15, 0.2) is 11.8 Å². The van der Waals surface area contributed by atoms with Crippen LogP contribution in [-0.2, 0) is 4.84 Å². The highest BCUT2D eigenvalue weighted by molar-refractivity contribution is 5.75. The van der Waals surface area contributed by atoms with E-state index in [1.165, 1.54) is 12.8 Å². The van der Waals surface area contributed by atoms with Gasteiger partial charge in [0.2, 0.25) is 0 Å². The molecule has 7 nitrogen and oxygen atoms in total. The summed E-state index contributed by atoms with van der Waals surface area (Å²) in [5, 5.41) is 2.82. The number of hydrogen-bond acceptors (Lipinski definition) is 5. The van der Waals surface area contributed by atoms with Gasteiger partial charge in [0.1, 0.15) is 11.8 Å². The average Bonchev–Trinajstić information content (AvgIpc) is 3.56. The Hall–Kier alpha value is -1.45. The monoisotopic (exact) mass is 495 g/mol. The first-order chi connectivity index (χ1) is 16.7. The lowest BCUT2D eigenvalue weighted by atomic mass is 9.74. The van der Waals surface area contributed by atoms with Gasteiger partial charge in [0.05, 0.1) is 6.04 Å². The molecule has 198 valence electrons. The minimum atomic E-state index is -2.88. The number of piperazine rings is 1. The van der Waals surface area contributed by atoms with Crippen LogP contribution in [0.1, 0.15) is 65.7 Å². The third-order valence-electron chi connectivity index (χ3n) is 9.24. The fourth-order valence-corrected chi connectivity index (χ4v) is 6.38. The maximum atomic E-state index is 15.1. The molecule has 2 saturated carbocycles. The molecule has 0 aromatic heterocycles. The first-order valence-electron chi connectivity index (χ1n) is 13.7. The van der Waals surface area contributed by atoms with Crippen molar-refractivity contribution >= 4 is 6.03 Å². The van der Waals surface area contributed by atoms with Crippen molar-refractivity contribution in [1.82, 2.24) is 25.5 Å². The molecule has 9 heteroatoms. The van der Waals surface area contributed by atoms with E-state index >= 15 is 8.78 Å². The molecule has 0 aromatic rings. The number of piperidine rings is 1. The number of urea groups is 1. The first kappa shape index (κ1) is 25.2. The Balaban J connectivity index is 1.18. The van der Waals surface area contributed by atoms with Gasteiger partial charge < -0.3 is 15.1 Å². The lowest BCUT2D eigenvalue weighted by Crippen LogP contribution is -2.66. The van der Waals surface area contributed by atoms with Crippen LogP contribution in [0.25, 0.3) is 0 Å². The van der Waals surface area contributed by atoms with E-state index in [1.54, 1.807) is 4.90 Å². The van der Waals surface area contributed by atoms with E-state index in [0.29, 0.717) is 37.9 Å². The fourth-order valence-electron chi connectivity index (χ4n) is 6.38. The van der Waals surface area contributed by atoms with Crippen LogP contribution in [0.4, 0.5) is 13.6 Å². The summed E-state index contributed by atoms with van der Waals surface area (Å²) in [4.78, 5) is 25.3. The van der Waals surface area contributed by atoms with Crippen LogP contribution in [0.5, 0.6) is 0 Å². The van der Waals surface area contributed by atoms with Gasteiger partial charge >= 0.3 is 6.03 Å². The van der Waals surface area contributed by atoms with Crippen molar-refractivity contribution in [2.75, 3.05) is 39.3 Å². The molecule has 0 spiro atoms. The van der Waals surface area contributed by atoms with Crippen LogP contribution in [0, 0.1) is 11.3 Å². The number of likely N-dealkylation sites (tertiary alicyclic amines) is 1. The quantitative estimate of drug-likeness (QED) is 0.611. The van der Waals surface area contributed by atoms with Gasteiger partial charge in [0.25, 0.3) is 5.92 Å². The molecule has 5 aliphatic rings. The topological polar surface area (TPSA) is 60.1 Å². The predicted molar refractivity (Wildman–Crippen MR) is 131 cm³/mol. The number of allylic oxidation sites excluding steroid dienone is 1. The Morgan fingerprint density at radius 3 is 2.40 bits per heavy atom. The Labute approximate surface area is 208 Å². The lowest BCUT2D eigenvalue weighted by Gasteiger charge is -2.48. The van der Waals surface area contributed by atoms with E-state index < -0.39 is 12.0 Å². The summed E-state index contributed by atoms with van der Waals surface area (Å²) in [5.41, 5.74) is 3.18. The van der Waals surface area contributed by atoms with Crippen molar-refractivity contribution in [3.05, 3.63) is 11.8 Å². The molecule has 35 heavy (non-hydrogen) atoms. The zero-order valence-electron chi connectivity index (χ0n) is 21.6. The second-order valence-corrected chi connectivity index (χ2v) is 12.0. The van der Waals surface area contributed by atoms with Gasteiger partial charge in [-0.05, 0) is 63.9 Å². The molecular formula is C26H43F2N5O2. The van der Waals surface area contributed by atoms with Crippen LogP contribution in [0.3, 0.4) is 0 Å². The van der Waals surface area contributed by atoms with E-state index in [9.17, 15) is 4.79 Å². The maximum Gasteiger partial charge on any atom is 0.317 e. The number of nitrogens with one attached hydrogen (secondary N) is 2. The highest BCUT2D eigenvalue weighted by Crippen LogP contribution is 2.43. The number of hydrogen-bond donors (Lipinski definition) is 2. The number of carbonyl (C=O) groups excluding carboxylic acids is 1. The molecule has 2 amide bonds. The molecule has 2 N–H and O–H groups in total. The summed E-state index contributed by atoms with van der Waals surface area (Å²) in [5.74, 6) is -1.25. The van der Waals surface area contributed by atoms with E-state index in [4.69, 9.17) is 4.84 Å². The number of nitrogens with zero attached hydrogens (tertiary/aromatic N) is 3. The van der Waals surface area contributed by atoms with Crippen LogP contribution in [-0.4, -0.2) is 90.1 Å². The summed E-state index contributed by atoms with van der Waals surface area (Å²) in [6, 6.07) is -1.17. The summed E-state index contributed by atoms with van der Waals surface area (Å²) >= 11 is 0. The number of alkyl halides is 2. The van der Waals surface area contributed by atoms with Gasteiger partial charge in [-0.2, -0.15) is 0 Å². The van der Waals surface area contributed by atoms with Crippen LogP contribution in [0.2, 0.25) is 0 Å². The number of hydroxylamine groups is 1. The van der Waals surface area contributed by atoms with Gasteiger partial charge in [-0.3, -0.25) is 9.80 Å². The molecule has 3 atom stereocenters. The first-order valence-corrected chi connectivity index (χ1v) is 13.7. The van der Waals surface area contributed by atoms with Crippen molar-refractivity contribution in [3.63, 3.8) is 0 Å². The van der Waals surface area contributed by atoms with Gasteiger partial charge in [-0.15, -0.1) is 5.48 Å². The molecular weight excluding hydrogens is 452 g/mol. The third-order valence-corrected chi connectivity index (χ3v) is 9.24. The highest BCUT2D eigenvalue weighted by Gasteiger charge is 2.51. The molecule has 4 fully saturated rings. The SMILES string of the molecule is CC(C)N1CCN([C@H]2CCCC(F)(F)[C@@H]2NC(=O)N2CCC(C)(C3C=C(C4CC4)ON3)CC2)CC1. The molecule has 1 unspecified atom stereocenters. The molecule has 0 aromatic carbocycles. The second-order valence-electron chi connectivity index (χ2n) is 12.0. The van der Waals surface area contributed by atoms with E-state index in [2.05, 4.69) is 47.4 Å². The molecule has 3 aliphatic heterocycles. The van der Waals surface area contributed by atoms with Crippen molar-refractivity contribution in [1.29, 1.82) is 0 Å². The number of carbonyl (C=O) groups is 1. The van der Waals surface area contributed by atoms with Gasteiger partial charge in [-0.25, -0.2) is 13.6 Å². The second kappa shape index (κ2) is 9.78. The summed E-state index contributed by atoms with van der Waals surface area (Å²) in [6.07, 6.45) is 7.32. The average molecular weight is 496 g/mol. The van der Waals surface area contributed by atoms with E-state index in [0.717, 1.165) is 44.8 Å². The number of amides is 2. The van der Waals surface area contributed by atoms with Crippen LogP contribution < -0.4 is 10.8 Å². The zero-order chi connectivity index (χ0) is 24.8. The minimum Gasteiger partial charge on any atom is -0.413 e. The summed E-state index contributed by atoms with van der Waals surface area (Å²) < 4.78 is 30.3.